The molecule has 3 aromatic rings. The molecular weight excluding hydrogens is 425 g/mol. The number of nitrogens with one attached hydrogen (secondary N) is 1. The molecule has 7 heteroatoms. The van der Waals surface area contributed by atoms with Crippen molar-refractivity contribution in [2.75, 3.05) is 0 Å². The van der Waals surface area contributed by atoms with Crippen molar-refractivity contribution in [1.82, 2.24) is 15.2 Å². The molecule has 4 rings (SSSR count). The van der Waals surface area contributed by atoms with Gasteiger partial charge in [0, 0.05) is 23.7 Å². The van der Waals surface area contributed by atoms with Crippen LogP contribution in [0.2, 0.25) is 0 Å². The standard InChI is InChI=1S/C25H26FN3O2S/c26-19-13-11-18(12-14-19)17-29(25(31)21-9-4-5-15-27-21)23(22-10-6-16-32-22)24(30)28-20-7-2-1-3-8-20/h4-6,9-16,20,23H,1-3,7-8,17H2,(H,28,30)/t23-/m1/s1. The fourth-order valence-electron chi connectivity index (χ4n) is 4.10. The first-order chi connectivity index (χ1) is 15.6. The number of thiophene rings is 1. The van der Waals surface area contributed by atoms with Gasteiger partial charge in [-0.1, -0.05) is 43.5 Å². The van der Waals surface area contributed by atoms with E-state index in [2.05, 4.69) is 10.3 Å². The van der Waals surface area contributed by atoms with E-state index in [9.17, 15) is 14.0 Å². The summed E-state index contributed by atoms with van der Waals surface area (Å²) < 4.78 is 13.5. The number of hydrogen-bond donors (Lipinski definition) is 1. The molecule has 0 radical (unpaired) electrons. The van der Waals surface area contributed by atoms with E-state index in [1.165, 1.54) is 29.9 Å². The lowest BCUT2D eigenvalue weighted by Gasteiger charge is -2.32. The topological polar surface area (TPSA) is 62.3 Å². The van der Waals surface area contributed by atoms with Crippen molar-refractivity contribution in [1.29, 1.82) is 0 Å². The van der Waals surface area contributed by atoms with Gasteiger partial charge in [-0.15, -0.1) is 11.3 Å². The van der Waals surface area contributed by atoms with Crippen LogP contribution in [0.25, 0.3) is 0 Å². The first kappa shape index (κ1) is 22.1. The van der Waals surface area contributed by atoms with Crippen LogP contribution < -0.4 is 5.32 Å². The molecule has 32 heavy (non-hydrogen) atoms. The second-order valence-corrected chi connectivity index (χ2v) is 9.02. The van der Waals surface area contributed by atoms with Crippen molar-refractivity contribution in [2.24, 2.45) is 0 Å². The number of carbonyl (C=O) groups is 2. The Kier molecular flexibility index (Phi) is 7.27. The van der Waals surface area contributed by atoms with E-state index in [0.717, 1.165) is 36.1 Å². The summed E-state index contributed by atoms with van der Waals surface area (Å²) in [7, 11) is 0. The monoisotopic (exact) mass is 451 g/mol. The van der Waals surface area contributed by atoms with Crippen LogP contribution in [0, 0.1) is 5.82 Å². The first-order valence-electron chi connectivity index (χ1n) is 10.9. The van der Waals surface area contributed by atoms with E-state index in [4.69, 9.17) is 0 Å². The Balaban J connectivity index is 1.68. The van der Waals surface area contributed by atoms with E-state index in [0.29, 0.717) is 0 Å². The molecule has 2 heterocycles. The first-order valence-corrected chi connectivity index (χ1v) is 11.8. The molecule has 1 saturated carbocycles. The van der Waals surface area contributed by atoms with Crippen LogP contribution in [-0.4, -0.2) is 27.7 Å². The van der Waals surface area contributed by atoms with Gasteiger partial charge in [0.15, 0.2) is 0 Å². The highest BCUT2D eigenvalue weighted by Gasteiger charge is 2.34. The van der Waals surface area contributed by atoms with Crippen LogP contribution >= 0.6 is 11.3 Å². The third kappa shape index (κ3) is 5.40. The molecule has 0 bridgehead atoms. The minimum absolute atomic E-state index is 0.122. The minimum Gasteiger partial charge on any atom is -0.351 e. The summed E-state index contributed by atoms with van der Waals surface area (Å²) in [4.78, 5) is 33.7. The number of halogens is 1. The van der Waals surface area contributed by atoms with Gasteiger partial charge < -0.3 is 10.2 Å². The summed E-state index contributed by atoms with van der Waals surface area (Å²) in [6.07, 6.45) is 6.85. The number of pyridine rings is 1. The average molecular weight is 452 g/mol. The Morgan fingerprint density at radius 2 is 1.84 bits per heavy atom. The van der Waals surface area contributed by atoms with E-state index in [1.807, 2.05) is 17.5 Å². The van der Waals surface area contributed by atoms with Crippen LogP contribution in [0.1, 0.15) is 59.1 Å². The van der Waals surface area contributed by atoms with Gasteiger partial charge in [-0.3, -0.25) is 14.6 Å². The number of carbonyl (C=O) groups excluding carboxylic acids is 2. The van der Waals surface area contributed by atoms with Gasteiger partial charge in [0.2, 0.25) is 5.91 Å². The Morgan fingerprint density at radius 1 is 1.06 bits per heavy atom. The van der Waals surface area contributed by atoms with Crippen LogP contribution in [0.4, 0.5) is 4.39 Å². The highest BCUT2D eigenvalue weighted by atomic mass is 32.1. The second-order valence-electron chi connectivity index (χ2n) is 8.04. The van der Waals surface area contributed by atoms with E-state index in [-0.39, 0.29) is 35.9 Å². The predicted octanol–water partition coefficient (Wildman–Crippen LogP) is 5.11. The molecule has 5 nitrogen and oxygen atoms in total. The van der Waals surface area contributed by atoms with Gasteiger partial charge in [-0.25, -0.2) is 4.39 Å². The molecular formula is C25H26FN3O2S. The van der Waals surface area contributed by atoms with Gasteiger partial charge in [0.25, 0.3) is 5.91 Å². The van der Waals surface area contributed by atoms with Gasteiger partial charge in [0.1, 0.15) is 17.6 Å². The van der Waals surface area contributed by atoms with Crippen molar-refractivity contribution >= 4 is 23.2 Å². The maximum absolute atomic E-state index is 13.6. The number of rotatable bonds is 7. The largest absolute Gasteiger partial charge is 0.351 e. The molecule has 1 aliphatic rings. The molecule has 0 saturated heterocycles. The minimum atomic E-state index is -0.795. The van der Waals surface area contributed by atoms with Crippen LogP contribution in [0.5, 0.6) is 0 Å². The normalized spacial score (nSPS) is 15.2. The van der Waals surface area contributed by atoms with Crippen molar-refractivity contribution in [3.63, 3.8) is 0 Å². The molecule has 1 atom stereocenters. The average Bonchev–Trinajstić information content (AvgIpc) is 3.35. The molecule has 1 fully saturated rings. The molecule has 1 aromatic carbocycles. The number of nitrogens with zero attached hydrogens (tertiary/aromatic N) is 2. The number of amides is 2. The fraction of sp³-hybridized carbons (Fsp3) is 0.320. The summed E-state index contributed by atoms with van der Waals surface area (Å²) >= 11 is 1.44. The molecule has 2 aromatic heterocycles. The second kappa shape index (κ2) is 10.5. The van der Waals surface area contributed by atoms with Crippen LogP contribution in [0.15, 0.2) is 66.2 Å². The predicted molar refractivity (Wildman–Crippen MR) is 123 cm³/mol. The highest BCUT2D eigenvalue weighted by Crippen LogP contribution is 2.30. The zero-order chi connectivity index (χ0) is 22.3. The lowest BCUT2D eigenvalue weighted by atomic mass is 9.95. The quantitative estimate of drug-likeness (QED) is 0.543. The van der Waals surface area contributed by atoms with Gasteiger partial charge in [-0.2, -0.15) is 0 Å². The van der Waals surface area contributed by atoms with Crippen molar-refractivity contribution in [2.45, 2.75) is 50.7 Å². The Labute approximate surface area is 191 Å². The van der Waals surface area contributed by atoms with Crippen LogP contribution in [-0.2, 0) is 11.3 Å². The fourth-order valence-corrected chi connectivity index (χ4v) is 4.94. The highest BCUT2D eigenvalue weighted by molar-refractivity contribution is 7.10. The molecule has 0 spiro atoms. The zero-order valence-corrected chi connectivity index (χ0v) is 18.6. The maximum Gasteiger partial charge on any atom is 0.273 e. The molecule has 0 unspecified atom stereocenters. The summed E-state index contributed by atoms with van der Waals surface area (Å²) in [5.41, 5.74) is 1.00. The number of benzene rings is 1. The van der Waals surface area contributed by atoms with Gasteiger partial charge in [0.05, 0.1) is 0 Å². The van der Waals surface area contributed by atoms with Crippen molar-refractivity contribution in [3.05, 3.63) is 88.1 Å². The summed E-state index contributed by atoms with van der Waals surface area (Å²) in [6.45, 7) is 0.163. The Bertz CT molecular complexity index is 1020. The zero-order valence-electron chi connectivity index (χ0n) is 17.7. The lowest BCUT2D eigenvalue weighted by molar-refractivity contribution is -0.127. The van der Waals surface area contributed by atoms with E-state index in [1.54, 1.807) is 41.4 Å². The van der Waals surface area contributed by atoms with Crippen molar-refractivity contribution in [3.8, 4) is 0 Å². The third-order valence-corrected chi connectivity index (χ3v) is 6.66. The molecule has 1 N–H and O–H groups in total. The van der Waals surface area contributed by atoms with Crippen LogP contribution in [0.3, 0.4) is 0 Å². The molecule has 0 aliphatic heterocycles. The van der Waals surface area contributed by atoms with E-state index < -0.39 is 6.04 Å². The smallest absolute Gasteiger partial charge is 0.273 e. The van der Waals surface area contributed by atoms with Crippen molar-refractivity contribution < 1.29 is 14.0 Å². The Morgan fingerprint density at radius 3 is 2.50 bits per heavy atom. The summed E-state index contributed by atoms with van der Waals surface area (Å²) in [6, 6.07) is 14.2. The van der Waals surface area contributed by atoms with Gasteiger partial charge >= 0.3 is 0 Å². The summed E-state index contributed by atoms with van der Waals surface area (Å²) in [5, 5.41) is 5.08. The van der Waals surface area contributed by atoms with E-state index >= 15 is 0 Å². The van der Waals surface area contributed by atoms with Gasteiger partial charge in [-0.05, 0) is 54.1 Å². The number of aromatic nitrogens is 1. The number of hydrogen-bond acceptors (Lipinski definition) is 4. The molecule has 1 aliphatic carbocycles. The molecule has 2 amide bonds. The SMILES string of the molecule is O=C(NC1CCCCC1)[C@@H](c1cccs1)N(Cc1ccc(F)cc1)C(=O)c1ccccn1. The lowest BCUT2D eigenvalue weighted by Crippen LogP contribution is -2.46. The molecule has 166 valence electrons. The maximum atomic E-state index is 13.6. The third-order valence-electron chi connectivity index (χ3n) is 5.74. The Hall–Kier alpha value is -3.06. The summed E-state index contributed by atoms with van der Waals surface area (Å²) in [5.74, 6) is -0.876.